The lowest BCUT2D eigenvalue weighted by atomic mass is 10.1. The molecular weight excluding hydrogens is 436 g/mol. The highest BCUT2D eigenvalue weighted by Gasteiger charge is 2.26. The summed E-state index contributed by atoms with van der Waals surface area (Å²) in [5.74, 6) is 0.536. The highest BCUT2D eigenvalue weighted by atomic mass is 32.2. The maximum absolute atomic E-state index is 13.4. The number of hydrogen-bond donors (Lipinski definition) is 1. The number of aryl methyl sites for hydroxylation is 4. The first-order valence-electron chi connectivity index (χ1n) is 10.2. The Bertz CT molecular complexity index is 1280. The molecule has 3 aromatic carbocycles. The Morgan fingerprint density at radius 3 is 2.09 bits per heavy atom. The van der Waals surface area contributed by atoms with Gasteiger partial charge in [0.05, 0.1) is 4.90 Å². The van der Waals surface area contributed by atoms with Crippen LogP contribution in [0.25, 0.3) is 0 Å². The molecule has 6 heteroatoms. The zero-order valence-corrected chi connectivity index (χ0v) is 20.3. The molecule has 4 nitrogen and oxygen atoms in total. The van der Waals surface area contributed by atoms with Crippen LogP contribution in [-0.2, 0) is 15.6 Å². The minimum Gasteiger partial charge on any atom is -0.348 e. The van der Waals surface area contributed by atoms with Gasteiger partial charge in [-0.3, -0.25) is 0 Å². The van der Waals surface area contributed by atoms with E-state index in [1.54, 1.807) is 18.2 Å². The van der Waals surface area contributed by atoms with E-state index in [-0.39, 0.29) is 9.80 Å². The van der Waals surface area contributed by atoms with Gasteiger partial charge in [0.15, 0.2) is 4.91 Å². The molecule has 0 radical (unpaired) electrons. The number of hydrogen-bond acceptors (Lipinski definition) is 5. The van der Waals surface area contributed by atoms with Gasteiger partial charge < -0.3 is 5.32 Å². The van der Waals surface area contributed by atoms with Crippen LogP contribution in [0.2, 0.25) is 0 Å². The quantitative estimate of drug-likeness (QED) is 0.410. The van der Waals surface area contributed by atoms with Gasteiger partial charge in [-0.15, -0.1) is 11.8 Å². The number of nitrogens with one attached hydrogen (secondary N) is 1. The minimum absolute atomic E-state index is 0.102. The van der Waals surface area contributed by atoms with Crippen molar-refractivity contribution in [2.45, 2.75) is 38.3 Å². The molecule has 0 aliphatic rings. The number of nitriles is 1. The van der Waals surface area contributed by atoms with Gasteiger partial charge in [0.2, 0.25) is 9.84 Å². The molecule has 0 amide bonds. The fourth-order valence-corrected chi connectivity index (χ4v) is 6.17. The molecule has 32 heavy (non-hydrogen) atoms. The van der Waals surface area contributed by atoms with Crippen LogP contribution in [0.5, 0.6) is 0 Å². The lowest BCUT2D eigenvalue weighted by Crippen LogP contribution is -2.11. The first-order valence-corrected chi connectivity index (χ1v) is 12.7. The van der Waals surface area contributed by atoms with Crippen molar-refractivity contribution in [1.82, 2.24) is 0 Å². The summed E-state index contributed by atoms with van der Waals surface area (Å²) in [6.07, 6.45) is 0. The third kappa shape index (κ3) is 5.24. The number of anilines is 1. The molecule has 0 atom stereocenters. The number of rotatable bonds is 7. The van der Waals surface area contributed by atoms with E-state index in [1.807, 2.05) is 70.2 Å². The summed E-state index contributed by atoms with van der Waals surface area (Å²) in [6, 6.07) is 22.1. The lowest BCUT2D eigenvalue weighted by molar-refractivity contribution is 0.603. The molecule has 0 aliphatic carbocycles. The summed E-state index contributed by atoms with van der Waals surface area (Å²) in [5, 5.41) is 13.6. The second-order valence-corrected chi connectivity index (χ2v) is 10.6. The summed E-state index contributed by atoms with van der Waals surface area (Å²) in [4.78, 5) is -0.175. The van der Waals surface area contributed by atoms with Gasteiger partial charge >= 0.3 is 0 Å². The molecular formula is C26H26N2O2S2. The fraction of sp³-hybridized carbons (Fsp3) is 0.192. The van der Waals surface area contributed by atoms with E-state index in [0.29, 0.717) is 10.8 Å². The summed E-state index contributed by atoms with van der Waals surface area (Å²) in [6.45, 7) is 7.99. The monoisotopic (exact) mass is 462 g/mol. The molecule has 0 aromatic heterocycles. The lowest BCUT2D eigenvalue weighted by Gasteiger charge is -2.18. The molecule has 164 valence electrons. The second kappa shape index (κ2) is 10.1. The van der Waals surface area contributed by atoms with Gasteiger partial charge in [-0.25, -0.2) is 8.42 Å². The molecule has 0 spiro atoms. The van der Waals surface area contributed by atoms with Crippen LogP contribution < -0.4 is 5.32 Å². The van der Waals surface area contributed by atoms with Gasteiger partial charge in [-0.05, 0) is 62.1 Å². The van der Waals surface area contributed by atoms with E-state index in [0.717, 1.165) is 33.5 Å². The van der Waals surface area contributed by atoms with Crippen molar-refractivity contribution in [3.63, 3.8) is 0 Å². The summed E-state index contributed by atoms with van der Waals surface area (Å²) in [5.41, 5.74) is 6.13. The second-order valence-electron chi connectivity index (χ2n) is 7.70. The van der Waals surface area contributed by atoms with Crippen LogP contribution in [0.15, 0.2) is 81.6 Å². The van der Waals surface area contributed by atoms with Crippen molar-refractivity contribution in [2.75, 3.05) is 5.32 Å². The van der Waals surface area contributed by atoms with E-state index < -0.39 is 9.84 Å². The van der Waals surface area contributed by atoms with Gasteiger partial charge in [-0.2, -0.15) is 5.26 Å². The van der Waals surface area contributed by atoms with Crippen LogP contribution in [0.1, 0.15) is 27.8 Å². The Labute approximate surface area is 194 Å². The van der Waals surface area contributed by atoms with E-state index in [2.05, 4.69) is 5.32 Å². The van der Waals surface area contributed by atoms with Crippen LogP contribution in [0.4, 0.5) is 5.69 Å². The number of allylic oxidation sites excluding steroid dienone is 1. The maximum Gasteiger partial charge on any atom is 0.219 e. The normalized spacial score (nSPS) is 12.1. The van der Waals surface area contributed by atoms with Crippen LogP contribution in [0.3, 0.4) is 0 Å². The predicted molar refractivity (Wildman–Crippen MR) is 133 cm³/mol. The molecule has 0 saturated heterocycles. The number of benzene rings is 3. The first kappa shape index (κ1) is 23.6. The number of nitrogens with zero attached hydrogens (tertiary/aromatic N) is 1. The number of thioether (sulfide) groups is 1. The Kier molecular flexibility index (Phi) is 7.44. The molecule has 0 fully saturated rings. The van der Waals surface area contributed by atoms with Crippen LogP contribution in [0, 0.1) is 39.0 Å². The van der Waals surface area contributed by atoms with E-state index in [9.17, 15) is 13.7 Å². The van der Waals surface area contributed by atoms with Crippen molar-refractivity contribution in [1.29, 1.82) is 5.26 Å². The van der Waals surface area contributed by atoms with Crippen molar-refractivity contribution in [2.24, 2.45) is 0 Å². The Balaban J connectivity index is 2.12. The van der Waals surface area contributed by atoms with Crippen molar-refractivity contribution >= 4 is 27.3 Å². The zero-order chi connectivity index (χ0) is 23.3. The van der Waals surface area contributed by atoms with E-state index in [4.69, 9.17) is 0 Å². The van der Waals surface area contributed by atoms with Crippen molar-refractivity contribution in [3.05, 3.63) is 104 Å². The highest BCUT2D eigenvalue weighted by molar-refractivity contribution is 8.04. The molecule has 0 bridgehead atoms. The van der Waals surface area contributed by atoms with Crippen molar-refractivity contribution in [3.8, 4) is 6.07 Å². The summed E-state index contributed by atoms with van der Waals surface area (Å²) >= 11 is 1.33. The zero-order valence-electron chi connectivity index (χ0n) is 18.6. The Hall–Kier alpha value is -3.01. The van der Waals surface area contributed by atoms with Crippen LogP contribution in [-0.4, -0.2) is 8.42 Å². The molecule has 3 rings (SSSR count). The molecule has 1 N–H and O–H groups in total. The van der Waals surface area contributed by atoms with E-state index >= 15 is 0 Å². The minimum atomic E-state index is -3.98. The third-order valence-electron chi connectivity index (χ3n) is 5.18. The van der Waals surface area contributed by atoms with E-state index in [1.165, 1.54) is 23.9 Å². The largest absolute Gasteiger partial charge is 0.348 e. The van der Waals surface area contributed by atoms with Gasteiger partial charge in [0.25, 0.3) is 0 Å². The first-order chi connectivity index (χ1) is 15.2. The molecule has 0 saturated carbocycles. The standard InChI is InChI=1S/C26H26N2O2S2/c1-18-14-20(3)25(21(4)15-18)28-26(31-17-22-11-9-8-10-19(22)2)24(16-27)32(29,30)23-12-6-5-7-13-23/h5-15,28H,17H2,1-4H3/b26-24+. The van der Waals surface area contributed by atoms with Gasteiger partial charge in [-0.1, -0.05) is 60.2 Å². The summed E-state index contributed by atoms with van der Waals surface area (Å²) < 4.78 is 26.7. The van der Waals surface area contributed by atoms with Crippen LogP contribution >= 0.6 is 11.8 Å². The molecule has 0 aliphatic heterocycles. The topological polar surface area (TPSA) is 70.0 Å². The predicted octanol–water partition coefficient (Wildman–Crippen LogP) is 6.43. The SMILES string of the molecule is Cc1cc(C)c(N/C(SCc2ccccc2C)=C(/C#N)S(=O)(=O)c2ccccc2)c(C)c1. The van der Waals surface area contributed by atoms with Crippen molar-refractivity contribution < 1.29 is 8.42 Å². The Morgan fingerprint density at radius 1 is 0.906 bits per heavy atom. The van der Waals surface area contributed by atoms with Gasteiger partial charge in [0.1, 0.15) is 11.1 Å². The molecule has 3 aromatic rings. The van der Waals surface area contributed by atoms with Gasteiger partial charge in [0, 0.05) is 11.4 Å². The maximum atomic E-state index is 13.4. The average molecular weight is 463 g/mol. The fourth-order valence-electron chi connectivity index (χ4n) is 3.52. The Morgan fingerprint density at radius 2 is 1.50 bits per heavy atom. The highest BCUT2D eigenvalue weighted by Crippen LogP contribution is 2.34. The third-order valence-corrected chi connectivity index (χ3v) is 8.08. The average Bonchev–Trinajstić information content (AvgIpc) is 2.76. The smallest absolute Gasteiger partial charge is 0.219 e. The molecule has 0 heterocycles. The summed E-state index contributed by atoms with van der Waals surface area (Å²) in [7, 11) is -3.98. The molecule has 0 unspecified atom stereocenters. The number of sulfone groups is 1.